The van der Waals surface area contributed by atoms with Gasteiger partial charge in [-0.25, -0.2) is 13.1 Å². The second-order valence-corrected chi connectivity index (χ2v) is 7.51. The number of amides is 1. The standard InChI is InChI=1S/C15H23N3O3S/c1-11(2)18-22(20,21)14-5-3-12(4-6-14)15(19)17-13-7-9-16-10-8-13/h3-6,11,13,16,18H,7-10H2,1-2H3,(H,17,19). The molecular formula is C15H23N3O3S. The fourth-order valence-electron chi connectivity index (χ4n) is 2.40. The molecule has 0 aromatic heterocycles. The van der Waals surface area contributed by atoms with Crippen LogP contribution in [0.3, 0.4) is 0 Å². The summed E-state index contributed by atoms with van der Waals surface area (Å²) in [6.45, 7) is 5.34. The molecule has 6 nitrogen and oxygen atoms in total. The van der Waals surface area contributed by atoms with Crippen molar-refractivity contribution in [3.05, 3.63) is 29.8 Å². The lowest BCUT2D eigenvalue weighted by atomic mass is 10.1. The maximum atomic E-state index is 12.2. The molecule has 0 radical (unpaired) electrons. The molecule has 3 N–H and O–H groups in total. The summed E-state index contributed by atoms with van der Waals surface area (Å²) in [5.74, 6) is -0.160. The number of sulfonamides is 1. The normalized spacial score (nSPS) is 16.7. The average Bonchev–Trinajstić information content (AvgIpc) is 2.47. The van der Waals surface area contributed by atoms with E-state index in [0.29, 0.717) is 5.56 Å². The predicted molar refractivity (Wildman–Crippen MR) is 85.3 cm³/mol. The van der Waals surface area contributed by atoms with Crippen molar-refractivity contribution in [2.45, 2.75) is 43.7 Å². The number of piperidine rings is 1. The molecule has 1 heterocycles. The van der Waals surface area contributed by atoms with E-state index in [9.17, 15) is 13.2 Å². The van der Waals surface area contributed by atoms with E-state index in [1.54, 1.807) is 26.0 Å². The summed E-state index contributed by atoms with van der Waals surface area (Å²) in [4.78, 5) is 12.3. The van der Waals surface area contributed by atoms with Crippen LogP contribution in [0, 0.1) is 0 Å². The third kappa shape index (κ3) is 4.53. The summed E-state index contributed by atoms with van der Waals surface area (Å²) in [5.41, 5.74) is 0.474. The topological polar surface area (TPSA) is 87.3 Å². The van der Waals surface area contributed by atoms with Gasteiger partial charge >= 0.3 is 0 Å². The molecule has 0 aliphatic carbocycles. The molecule has 1 aromatic carbocycles. The monoisotopic (exact) mass is 325 g/mol. The summed E-state index contributed by atoms with van der Waals surface area (Å²) in [6, 6.07) is 6.02. The van der Waals surface area contributed by atoms with Crippen molar-refractivity contribution in [3.8, 4) is 0 Å². The van der Waals surface area contributed by atoms with Gasteiger partial charge in [-0.05, 0) is 64.0 Å². The van der Waals surface area contributed by atoms with Crippen LogP contribution in [-0.4, -0.2) is 39.5 Å². The van der Waals surface area contributed by atoms with Crippen LogP contribution in [0.25, 0.3) is 0 Å². The highest BCUT2D eigenvalue weighted by Gasteiger charge is 2.18. The summed E-state index contributed by atoms with van der Waals surface area (Å²) in [7, 11) is -3.52. The van der Waals surface area contributed by atoms with E-state index >= 15 is 0 Å². The molecule has 0 spiro atoms. The lowest BCUT2D eigenvalue weighted by molar-refractivity contribution is 0.0929. The van der Waals surface area contributed by atoms with E-state index in [2.05, 4.69) is 15.4 Å². The number of hydrogen-bond donors (Lipinski definition) is 3. The molecule has 22 heavy (non-hydrogen) atoms. The highest BCUT2D eigenvalue weighted by atomic mass is 32.2. The van der Waals surface area contributed by atoms with E-state index in [1.165, 1.54) is 12.1 Å². The number of nitrogens with one attached hydrogen (secondary N) is 3. The van der Waals surface area contributed by atoms with Gasteiger partial charge < -0.3 is 10.6 Å². The van der Waals surface area contributed by atoms with E-state index < -0.39 is 10.0 Å². The van der Waals surface area contributed by atoms with E-state index in [0.717, 1.165) is 25.9 Å². The zero-order valence-corrected chi connectivity index (χ0v) is 13.7. The quantitative estimate of drug-likeness (QED) is 0.749. The number of benzene rings is 1. The SMILES string of the molecule is CC(C)NS(=O)(=O)c1ccc(C(=O)NC2CCNCC2)cc1. The van der Waals surface area contributed by atoms with Crippen LogP contribution < -0.4 is 15.4 Å². The number of hydrogen-bond acceptors (Lipinski definition) is 4. The molecule has 0 bridgehead atoms. The lowest BCUT2D eigenvalue weighted by Gasteiger charge is -2.23. The van der Waals surface area contributed by atoms with Gasteiger partial charge in [0.1, 0.15) is 0 Å². The Morgan fingerprint density at radius 1 is 1.18 bits per heavy atom. The van der Waals surface area contributed by atoms with Gasteiger partial charge in [0.25, 0.3) is 5.91 Å². The first-order chi connectivity index (χ1) is 10.4. The van der Waals surface area contributed by atoms with E-state index in [4.69, 9.17) is 0 Å². The molecule has 1 fully saturated rings. The summed E-state index contributed by atoms with van der Waals surface area (Å²) in [5, 5.41) is 6.22. The summed E-state index contributed by atoms with van der Waals surface area (Å²) >= 11 is 0. The Labute approximate surface area is 131 Å². The first kappa shape index (κ1) is 16.9. The Morgan fingerprint density at radius 3 is 2.32 bits per heavy atom. The zero-order valence-electron chi connectivity index (χ0n) is 12.9. The molecule has 0 unspecified atom stereocenters. The van der Waals surface area contributed by atoms with Crippen LogP contribution in [-0.2, 0) is 10.0 Å². The minimum Gasteiger partial charge on any atom is -0.349 e. The van der Waals surface area contributed by atoms with Gasteiger partial charge in [0.05, 0.1) is 4.90 Å². The Kier molecular flexibility index (Phi) is 5.55. The van der Waals surface area contributed by atoms with Gasteiger partial charge in [-0.2, -0.15) is 0 Å². The summed E-state index contributed by atoms with van der Waals surface area (Å²) < 4.78 is 26.6. The first-order valence-electron chi connectivity index (χ1n) is 7.52. The van der Waals surface area contributed by atoms with E-state index in [-0.39, 0.29) is 22.9 Å². The zero-order chi connectivity index (χ0) is 16.2. The van der Waals surface area contributed by atoms with E-state index in [1.807, 2.05) is 0 Å². The van der Waals surface area contributed by atoms with Crippen LogP contribution in [0.15, 0.2) is 29.2 Å². The van der Waals surface area contributed by atoms with Crippen molar-refractivity contribution in [2.24, 2.45) is 0 Å². The molecule has 1 aromatic rings. The maximum Gasteiger partial charge on any atom is 0.251 e. The molecule has 1 saturated heterocycles. The Bertz CT molecular complexity index is 605. The van der Waals surface area contributed by atoms with Crippen molar-refractivity contribution < 1.29 is 13.2 Å². The van der Waals surface area contributed by atoms with Gasteiger partial charge in [0.15, 0.2) is 0 Å². The minimum atomic E-state index is -3.52. The first-order valence-corrected chi connectivity index (χ1v) is 9.01. The van der Waals surface area contributed by atoms with Crippen LogP contribution >= 0.6 is 0 Å². The molecule has 0 saturated carbocycles. The predicted octanol–water partition coefficient (Wildman–Crippen LogP) is 0.855. The number of rotatable bonds is 5. The van der Waals surface area contributed by atoms with Crippen molar-refractivity contribution in [1.82, 2.24) is 15.4 Å². The second kappa shape index (κ2) is 7.21. The van der Waals surface area contributed by atoms with Crippen molar-refractivity contribution in [2.75, 3.05) is 13.1 Å². The Hall–Kier alpha value is -1.44. The number of carbonyl (C=O) groups is 1. The molecule has 7 heteroatoms. The van der Waals surface area contributed by atoms with Gasteiger partial charge in [-0.3, -0.25) is 4.79 Å². The smallest absolute Gasteiger partial charge is 0.251 e. The highest BCUT2D eigenvalue weighted by Crippen LogP contribution is 2.12. The van der Waals surface area contributed by atoms with Crippen molar-refractivity contribution >= 4 is 15.9 Å². The summed E-state index contributed by atoms with van der Waals surface area (Å²) in [6.07, 6.45) is 1.83. The molecule has 122 valence electrons. The fraction of sp³-hybridized carbons (Fsp3) is 0.533. The third-order valence-electron chi connectivity index (χ3n) is 3.49. The second-order valence-electron chi connectivity index (χ2n) is 5.80. The minimum absolute atomic E-state index is 0.160. The fourth-order valence-corrected chi connectivity index (χ4v) is 3.65. The van der Waals surface area contributed by atoms with Crippen LogP contribution in [0.2, 0.25) is 0 Å². The maximum absolute atomic E-state index is 12.2. The van der Waals surface area contributed by atoms with Crippen LogP contribution in [0.4, 0.5) is 0 Å². The molecule has 1 aliphatic heterocycles. The molecule has 2 rings (SSSR count). The average molecular weight is 325 g/mol. The van der Waals surface area contributed by atoms with Gasteiger partial charge in [0, 0.05) is 17.6 Å². The van der Waals surface area contributed by atoms with Crippen LogP contribution in [0.5, 0.6) is 0 Å². The van der Waals surface area contributed by atoms with Gasteiger partial charge in [-0.1, -0.05) is 0 Å². The number of carbonyl (C=O) groups excluding carboxylic acids is 1. The van der Waals surface area contributed by atoms with Crippen LogP contribution in [0.1, 0.15) is 37.0 Å². The molecule has 0 atom stereocenters. The molecule has 1 amide bonds. The van der Waals surface area contributed by atoms with Gasteiger partial charge in [0.2, 0.25) is 10.0 Å². The third-order valence-corrected chi connectivity index (χ3v) is 5.17. The van der Waals surface area contributed by atoms with Gasteiger partial charge in [-0.15, -0.1) is 0 Å². The Balaban J connectivity index is 2.03. The lowest BCUT2D eigenvalue weighted by Crippen LogP contribution is -2.42. The highest BCUT2D eigenvalue weighted by molar-refractivity contribution is 7.89. The van der Waals surface area contributed by atoms with Crippen molar-refractivity contribution in [3.63, 3.8) is 0 Å². The largest absolute Gasteiger partial charge is 0.349 e. The molecular weight excluding hydrogens is 302 g/mol. The molecule has 1 aliphatic rings. The van der Waals surface area contributed by atoms with Crippen molar-refractivity contribution in [1.29, 1.82) is 0 Å². The Morgan fingerprint density at radius 2 is 1.77 bits per heavy atom.